The van der Waals surface area contributed by atoms with Crippen LogP contribution in [-0.4, -0.2) is 17.0 Å². The summed E-state index contributed by atoms with van der Waals surface area (Å²) in [7, 11) is 0. The van der Waals surface area contributed by atoms with Gasteiger partial charge in [-0.15, -0.1) is 0 Å². The van der Waals surface area contributed by atoms with Gasteiger partial charge in [-0.1, -0.05) is 40.7 Å². The lowest BCUT2D eigenvalue weighted by atomic mass is 9.83. The third kappa shape index (κ3) is 4.12. The Morgan fingerprint density at radius 1 is 1.53 bits per heavy atom. The number of ether oxygens (including phenoxy) is 1. The lowest BCUT2D eigenvalue weighted by Crippen LogP contribution is -2.31. The predicted molar refractivity (Wildman–Crippen MR) is 69.5 cm³/mol. The molecule has 1 nitrogen and oxygen atoms in total. The summed E-state index contributed by atoms with van der Waals surface area (Å²) < 4.78 is 5.89. The Morgan fingerprint density at radius 3 is 2.60 bits per heavy atom. The summed E-state index contributed by atoms with van der Waals surface area (Å²) in [6, 6.07) is 0. The Kier molecular flexibility index (Phi) is 5.07. The van der Waals surface area contributed by atoms with E-state index in [2.05, 4.69) is 36.0 Å². The largest absolute Gasteiger partial charge is 0.379 e. The first kappa shape index (κ1) is 13.0. The van der Waals surface area contributed by atoms with Gasteiger partial charge in [-0.05, 0) is 39.0 Å². The van der Waals surface area contributed by atoms with Crippen molar-refractivity contribution in [3.63, 3.8) is 0 Å². The summed E-state index contributed by atoms with van der Waals surface area (Å²) in [5.74, 6) is 0. The molecule has 86 valence electrons. The van der Waals surface area contributed by atoms with E-state index in [4.69, 9.17) is 4.74 Å². The zero-order valence-corrected chi connectivity index (χ0v) is 11.2. The first-order valence-electron chi connectivity index (χ1n) is 5.70. The Labute approximate surface area is 102 Å². The third-order valence-corrected chi connectivity index (χ3v) is 4.14. The van der Waals surface area contributed by atoms with Crippen molar-refractivity contribution in [1.29, 1.82) is 0 Å². The van der Waals surface area contributed by atoms with E-state index >= 15 is 0 Å². The summed E-state index contributed by atoms with van der Waals surface area (Å²) in [6.07, 6.45) is 7.99. The molecular formula is C13H21BrO. The highest BCUT2D eigenvalue weighted by Gasteiger charge is 2.33. The number of hydrogen-bond acceptors (Lipinski definition) is 1. The summed E-state index contributed by atoms with van der Waals surface area (Å²) in [6.45, 7) is 10.6. The molecule has 1 aliphatic rings. The van der Waals surface area contributed by atoms with Crippen LogP contribution in [-0.2, 0) is 4.74 Å². The van der Waals surface area contributed by atoms with Gasteiger partial charge in [0.05, 0.1) is 6.10 Å². The fraction of sp³-hybridized carbons (Fsp3) is 0.692. The first-order valence-corrected chi connectivity index (χ1v) is 6.49. The van der Waals surface area contributed by atoms with Crippen LogP contribution in [0.3, 0.4) is 0 Å². The quantitative estimate of drug-likeness (QED) is 0.538. The smallest absolute Gasteiger partial charge is 0.0576 e. The highest BCUT2D eigenvalue weighted by molar-refractivity contribution is 9.10. The Morgan fingerprint density at radius 2 is 2.13 bits per heavy atom. The zero-order chi connectivity index (χ0) is 11.3. The molecule has 0 atom stereocenters. The predicted octanol–water partition coefficient (Wildman–Crippen LogP) is 4.23. The molecule has 0 spiro atoms. The maximum absolute atomic E-state index is 5.64. The highest BCUT2D eigenvalue weighted by atomic mass is 79.9. The van der Waals surface area contributed by atoms with Crippen LogP contribution in [0.1, 0.15) is 39.0 Å². The van der Waals surface area contributed by atoms with E-state index in [-0.39, 0.29) is 4.32 Å². The van der Waals surface area contributed by atoms with E-state index < -0.39 is 0 Å². The molecule has 2 heteroatoms. The molecule has 1 rings (SSSR count). The molecule has 0 unspecified atom stereocenters. The van der Waals surface area contributed by atoms with Gasteiger partial charge in [0.2, 0.25) is 0 Å². The van der Waals surface area contributed by atoms with Crippen LogP contribution in [0, 0.1) is 0 Å². The fourth-order valence-corrected chi connectivity index (χ4v) is 2.98. The molecule has 1 aliphatic carbocycles. The van der Waals surface area contributed by atoms with Gasteiger partial charge in [0.25, 0.3) is 0 Å². The van der Waals surface area contributed by atoms with Crippen molar-refractivity contribution >= 4 is 15.9 Å². The number of alkyl halides is 1. The molecular weight excluding hydrogens is 252 g/mol. The van der Waals surface area contributed by atoms with Crippen LogP contribution in [0.5, 0.6) is 0 Å². The summed E-state index contributed by atoms with van der Waals surface area (Å²) in [5, 5.41) is 0. The Hall–Kier alpha value is -0.0800. The van der Waals surface area contributed by atoms with E-state index in [0.29, 0.717) is 6.10 Å². The molecule has 0 radical (unpaired) electrons. The first-order chi connectivity index (χ1) is 7.09. The molecule has 15 heavy (non-hydrogen) atoms. The molecule has 0 N–H and O–H groups in total. The van der Waals surface area contributed by atoms with Gasteiger partial charge in [0, 0.05) is 10.9 Å². The average molecular weight is 273 g/mol. The van der Waals surface area contributed by atoms with E-state index in [9.17, 15) is 0 Å². The van der Waals surface area contributed by atoms with Crippen LogP contribution in [0.15, 0.2) is 24.8 Å². The third-order valence-electron chi connectivity index (χ3n) is 3.06. The van der Waals surface area contributed by atoms with Gasteiger partial charge >= 0.3 is 0 Å². The second-order valence-electron chi connectivity index (χ2n) is 4.34. The number of hydrogen-bond donors (Lipinski definition) is 0. The maximum Gasteiger partial charge on any atom is 0.0576 e. The van der Waals surface area contributed by atoms with E-state index in [1.54, 1.807) is 0 Å². The van der Waals surface area contributed by atoms with Gasteiger partial charge in [-0.25, -0.2) is 0 Å². The van der Waals surface area contributed by atoms with Crippen molar-refractivity contribution in [1.82, 2.24) is 0 Å². The normalized spacial score (nSPS) is 31.2. The molecule has 0 aromatic heterocycles. The van der Waals surface area contributed by atoms with E-state index in [1.807, 2.05) is 6.08 Å². The summed E-state index contributed by atoms with van der Waals surface area (Å²) in [5.41, 5.74) is 1.13. The molecule has 0 aliphatic heterocycles. The minimum atomic E-state index is 0.242. The second kappa shape index (κ2) is 5.86. The van der Waals surface area contributed by atoms with Crippen LogP contribution in [0.25, 0.3) is 0 Å². The molecule has 0 amide bonds. The summed E-state index contributed by atoms with van der Waals surface area (Å²) >= 11 is 3.85. The SMILES string of the molecule is C=CC(=C)CC1(Br)CCC(OCC)CC1. The molecule has 0 aromatic rings. The van der Waals surface area contributed by atoms with Gasteiger partial charge in [-0.3, -0.25) is 0 Å². The minimum Gasteiger partial charge on any atom is -0.379 e. The van der Waals surface area contributed by atoms with Crippen molar-refractivity contribution in [2.75, 3.05) is 6.61 Å². The van der Waals surface area contributed by atoms with Gasteiger partial charge in [-0.2, -0.15) is 0 Å². The monoisotopic (exact) mass is 272 g/mol. The molecule has 0 aromatic carbocycles. The van der Waals surface area contributed by atoms with Crippen LogP contribution < -0.4 is 0 Å². The number of rotatable bonds is 5. The number of halogens is 1. The molecule has 0 heterocycles. The average Bonchev–Trinajstić information content (AvgIpc) is 2.22. The van der Waals surface area contributed by atoms with Gasteiger partial charge in [0.15, 0.2) is 0 Å². The topological polar surface area (TPSA) is 9.23 Å². The van der Waals surface area contributed by atoms with Crippen molar-refractivity contribution in [2.24, 2.45) is 0 Å². The lowest BCUT2D eigenvalue weighted by molar-refractivity contribution is 0.0307. The van der Waals surface area contributed by atoms with Crippen molar-refractivity contribution in [2.45, 2.75) is 49.5 Å². The van der Waals surface area contributed by atoms with Crippen molar-refractivity contribution in [3.05, 3.63) is 24.8 Å². The minimum absolute atomic E-state index is 0.242. The maximum atomic E-state index is 5.64. The second-order valence-corrected chi connectivity index (χ2v) is 6.03. The van der Waals surface area contributed by atoms with E-state index in [0.717, 1.165) is 31.4 Å². The van der Waals surface area contributed by atoms with Gasteiger partial charge in [0.1, 0.15) is 0 Å². The fourth-order valence-electron chi connectivity index (χ4n) is 2.17. The Balaban J connectivity index is 2.40. The standard InChI is InChI=1S/C13H21BrO/c1-4-11(3)10-13(14)8-6-12(7-9-13)15-5-2/h4,12H,1,3,5-10H2,2H3. The molecule has 0 saturated heterocycles. The number of allylic oxidation sites excluding steroid dienone is 2. The van der Waals surface area contributed by atoms with Gasteiger partial charge < -0.3 is 4.74 Å². The molecule has 1 saturated carbocycles. The Bertz CT molecular complexity index is 227. The van der Waals surface area contributed by atoms with Crippen molar-refractivity contribution < 1.29 is 4.74 Å². The lowest BCUT2D eigenvalue weighted by Gasteiger charge is -2.35. The summed E-state index contributed by atoms with van der Waals surface area (Å²) in [4.78, 5) is 0. The van der Waals surface area contributed by atoms with Crippen LogP contribution in [0.2, 0.25) is 0 Å². The van der Waals surface area contributed by atoms with E-state index in [1.165, 1.54) is 12.8 Å². The van der Waals surface area contributed by atoms with Crippen LogP contribution >= 0.6 is 15.9 Å². The highest BCUT2D eigenvalue weighted by Crippen LogP contribution is 2.41. The van der Waals surface area contributed by atoms with Crippen LogP contribution in [0.4, 0.5) is 0 Å². The van der Waals surface area contributed by atoms with Crippen molar-refractivity contribution in [3.8, 4) is 0 Å². The molecule has 0 bridgehead atoms. The zero-order valence-electron chi connectivity index (χ0n) is 9.60. The molecule has 1 fully saturated rings.